The Morgan fingerprint density at radius 2 is 1.93 bits per heavy atom. The van der Waals surface area contributed by atoms with Crippen LogP contribution in [-0.2, 0) is 4.79 Å². The van der Waals surface area contributed by atoms with Crippen LogP contribution in [0.4, 0.5) is 0 Å². The molecule has 0 radical (unpaired) electrons. The van der Waals surface area contributed by atoms with E-state index in [1.54, 1.807) is 0 Å². The predicted molar refractivity (Wildman–Crippen MR) is 58.4 cm³/mol. The third kappa shape index (κ3) is 2.79. The molecule has 14 heavy (non-hydrogen) atoms. The van der Waals surface area contributed by atoms with E-state index in [1.165, 1.54) is 0 Å². The van der Waals surface area contributed by atoms with Gasteiger partial charge in [-0.25, -0.2) is 0 Å². The molecule has 1 aliphatic heterocycles. The van der Waals surface area contributed by atoms with E-state index < -0.39 is 0 Å². The first-order chi connectivity index (χ1) is 6.52. The molecule has 0 saturated carbocycles. The Labute approximate surface area is 86.9 Å². The van der Waals surface area contributed by atoms with Crippen molar-refractivity contribution in [3.05, 3.63) is 0 Å². The van der Waals surface area contributed by atoms with Crippen LogP contribution in [0.25, 0.3) is 0 Å². The molecule has 0 aliphatic carbocycles. The number of hydrogen-bond donors (Lipinski definition) is 1. The first-order valence-electron chi connectivity index (χ1n) is 5.54. The van der Waals surface area contributed by atoms with Gasteiger partial charge in [0.2, 0.25) is 0 Å². The molecule has 0 aromatic rings. The van der Waals surface area contributed by atoms with Crippen LogP contribution >= 0.6 is 0 Å². The van der Waals surface area contributed by atoms with Crippen LogP contribution in [0.2, 0.25) is 0 Å². The number of carbonyl (C=O) groups is 1. The molecule has 1 rings (SSSR count). The Balaban J connectivity index is 2.50. The summed E-state index contributed by atoms with van der Waals surface area (Å²) in [5.41, 5.74) is 0. The highest BCUT2D eigenvalue weighted by Gasteiger charge is 2.27. The number of nitrogens with one attached hydrogen (secondary N) is 1. The van der Waals surface area contributed by atoms with Gasteiger partial charge in [0.25, 0.3) is 0 Å². The van der Waals surface area contributed by atoms with Gasteiger partial charge in [-0.2, -0.15) is 0 Å². The van der Waals surface area contributed by atoms with Gasteiger partial charge in [0.1, 0.15) is 0 Å². The molecule has 1 aliphatic rings. The van der Waals surface area contributed by atoms with E-state index in [0.29, 0.717) is 24.3 Å². The molecule has 3 nitrogen and oxygen atoms in total. The van der Waals surface area contributed by atoms with Gasteiger partial charge in [-0.05, 0) is 27.7 Å². The topological polar surface area (TPSA) is 32.3 Å². The van der Waals surface area contributed by atoms with E-state index in [-0.39, 0.29) is 6.04 Å². The Hall–Kier alpha value is -0.410. The molecular formula is C11H22N2O. The average Bonchev–Trinajstić information content (AvgIpc) is 2.46. The van der Waals surface area contributed by atoms with Crippen molar-refractivity contribution >= 4 is 5.78 Å². The van der Waals surface area contributed by atoms with Crippen LogP contribution in [-0.4, -0.2) is 41.9 Å². The van der Waals surface area contributed by atoms with E-state index in [9.17, 15) is 4.79 Å². The number of hydrogen-bond acceptors (Lipinski definition) is 3. The smallest absolute Gasteiger partial charge is 0.152 e. The molecule has 0 bridgehead atoms. The maximum Gasteiger partial charge on any atom is 0.152 e. The van der Waals surface area contributed by atoms with E-state index in [2.05, 4.69) is 37.9 Å². The van der Waals surface area contributed by atoms with Crippen molar-refractivity contribution < 1.29 is 4.79 Å². The van der Waals surface area contributed by atoms with Crippen molar-refractivity contribution in [1.82, 2.24) is 10.2 Å². The lowest BCUT2D eigenvalue weighted by atomic mass is 10.1. The maximum absolute atomic E-state index is 11.5. The lowest BCUT2D eigenvalue weighted by Gasteiger charge is -2.32. The summed E-state index contributed by atoms with van der Waals surface area (Å²) in [5.74, 6) is 0.372. The van der Waals surface area contributed by atoms with E-state index in [1.807, 2.05) is 0 Å². The Morgan fingerprint density at radius 1 is 1.36 bits per heavy atom. The second kappa shape index (κ2) is 4.89. The summed E-state index contributed by atoms with van der Waals surface area (Å²) in [6.07, 6.45) is 0.703. The van der Waals surface area contributed by atoms with Gasteiger partial charge >= 0.3 is 0 Å². The number of carbonyl (C=O) groups excluding carboxylic acids is 1. The van der Waals surface area contributed by atoms with E-state index in [4.69, 9.17) is 0 Å². The first-order valence-corrected chi connectivity index (χ1v) is 5.54. The monoisotopic (exact) mass is 198 g/mol. The zero-order valence-electron chi connectivity index (χ0n) is 9.71. The third-order valence-electron chi connectivity index (χ3n) is 2.87. The molecule has 1 saturated heterocycles. The Bertz CT molecular complexity index is 193. The highest BCUT2D eigenvalue weighted by Crippen LogP contribution is 2.09. The number of nitrogens with zero attached hydrogens (tertiary/aromatic N) is 1. The van der Waals surface area contributed by atoms with Crippen molar-refractivity contribution in [2.45, 2.75) is 52.2 Å². The molecule has 1 unspecified atom stereocenters. The summed E-state index contributed by atoms with van der Waals surface area (Å²) in [4.78, 5) is 13.8. The maximum atomic E-state index is 11.5. The lowest BCUT2D eigenvalue weighted by molar-refractivity contribution is -0.119. The highest BCUT2D eigenvalue weighted by molar-refractivity contribution is 5.86. The highest BCUT2D eigenvalue weighted by atomic mass is 16.1. The standard InChI is InChI=1S/C11H22N2O/c1-8(2)13(9(3)4)7-10-11(14)5-6-12-10/h8-10,12H,5-7H2,1-4H3. The van der Waals surface area contributed by atoms with Gasteiger partial charge in [-0.3, -0.25) is 9.69 Å². The molecular weight excluding hydrogens is 176 g/mol. The Morgan fingerprint density at radius 3 is 2.29 bits per heavy atom. The summed E-state index contributed by atoms with van der Waals surface area (Å²) < 4.78 is 0. The van der Waals surface area contributed by atoms with Gasteiger partial charge in [-0.1, -0.05) is 0 Å². The van der Waals surface area contributed by atoms with Crippen LogP contribution in [0.3, 0.4) is 0 Å². The van der Waals surface area contributed by atoms with Crippen molar-refractivity contribution in [2.24, 2.45) is 0 Å². The second-order valence-electron chi connectivity index (χ2n) is 4.61. The van der Waals surface area contributed by atoms with E-state index >= 15 is 0 Å². The fourth-order valence-corrected chi connectivity index (χ4v) is 2.05. The SMILES string of the molecule is CC(C)N(CC1NCCC1=O)C(C)C. The average molecular weight is 198 g/mol. The van der Waals surface area contributed by atoms with Gasteiger partial charge in [-0.15, -0.1) is 0 Å². The van der Waals surface area contributed by atoms with Gasteiger partial charge in [0.05, 0.1) is 6.04 Å². The van der Waals surface area contributed by atoms with Crippen molar-refractivity contribution in [3.63, 3.8) is 0 Å². The molecule has 1 heterocycles. The minimum Gasteiger partial charge on any atom is -0.306 e. The molecule has 0 aromatic heterocycles. The zero-order valence-corrected chi connectivity index (χ0v) is 9.71. The molecule has 1 N–H and O–H groups in total. The number of Topliss-reactive ketones (excluding diaryl/α,β-unsaturated/α-hetero) is 1. The molecule has 0 spiro atoms. The van der Waals surface area contributed by atoms with E-state index in [0.717, 1.165) is 13.1 Å². The number of rotatable bonds is 4. The van der Waals surface area contributed by atoms with Crippen molar-refractivity contribution in [2.75, 3.05) is 13.1 Å². The summed E-state index contributed by atoms with van der Waals surface area (Å²) >= 11 is 0. The summed E-state index contributed by atoms with van der Waals surface area (Å²) in [7, 11) is 0. The van der Waals surface area contributed by atoms with Crippen LogP contribution in [0.15, 0.2) is 0 Å². The zero-order chi connectivity index (χ0) is 10.7. The second-order valence-corrected chi connectivity index (χ2v) is 4.61. The minimum atomic E-state index is 0.0693. The van der Waals surface area contributed by atoms with Gasteiger partial charge in [0, 0.05) is 31.6 Å². The fraction of sp³-hybridized carbons (Fsp3) is 0.909. The Kier molecular flexibility index (Phi) is 4.08. The first kappa shape index (κ1) is 11.7. The molecule has 0 aromatic carbocycles. The molecule has 1 fully saturated rings. The fourth-order valence-electron chi connectivity index (χ4n) is 2.05. The van der Waals surface area contributed by atoms with Crippen LogP contribution in [0.5, 0.6) is 0 Å². The van der Waals surface area contributed by atoms with Gasteiger partial charge < -0.3 is 5.32 Å². The lowest BCUT2D eigenvalue weighted by Crippen LogP contribution is -2.46. The third-order valence-corrected chi connectivity index (χ3v) is 2.87. The van der Waals surface area contributed by atoms with Crippen molar-refractivity contribution in [3.8, 4) is 0 Å². The molecule has 1 atom stereocenters. The van der Waals surface area contributed by atoms with Crippen LogP contribution in [0, 0.1) is 0 Å². The van der Waals surface area contributed by atoms with Crippen LogP contribution in [0.1, 0.15) is 34.1 Å². The van der Waals surface area contributed by atoms with Crippen molar-refractivity contribution in [1.29, 1.82) is 0 Å². The summed E-state index contributed by atoms with van der Waals surface area (Å²) in [6.45, 7) is 10.4. The quantitative estimate of drug-likeness (QED) is 0.732. The molecule has 82 valence electrons. The largest absolute Gasteiger partial charge is 0.306 e. The summed E-state index contributed by atoms with van der Waals surface area (Å²) in [5, 5.41) is 3.26. The predicted octanol–water partition coefficient (Wildman–Crippen LogP) is 1.04. The normalized spacial score (nSPS) is 23.1. The molecule has 3 heteroatoms. The molecule has 0 amide bonds. The number of ketones is 1. The van der Waals surface area contributed by atoms with Gasteiger partial charge in [0.15, 0.2) is 5.78 Å². The van der Waals surface area contributed by atoms with Crippen LogP contribution < -0.4 is 5.32 Å². The minimum absolute atomic E-state index is 0.0693. The summed E-state index contributed by atoms with van der Waals surface area (Å²) in [6, 6.07) is 1.08.